The lowest BCUT2D eigenvalue weighted by Crippen LogP contribution is -2.54. The quantitative estimate of drug-likeness (QED) is 0.379. The van der Waals surface area contributed by atoms with Gasteiger partial charge < -0.3 is 29.2 Å². The van der Waals surface area contributed by atoms with Crippen molar-refractivity contribution in [3.63, 3.8) is 0 Å². The van der Waals surface area contributed by atoms with Crippen molar-refractivity contribution in [2.45, 2.75) is 51.4 Å². The summed E-state index contributed by atoms with van der Waals surface area (Å²) in [6.45, 7) is 6.86. The number of amides is 1. The van der Waals surface area contributed by atoms with Gasteiger partial charge in [-0.2, -0.15) is 0 Å². The molecule has 4 unspecified atom stereocenters. The number of fused-ring (bicyclic) bond motifs is 9. The minimum atomic E-state index is -0.838. The molecule has 4 atom stereocenters. The normalized spacial score (nSPS) is 23.0. The monoisotopic (exact) mass is 482 g/mol. The van der Waals surface area contributed by atoms with Crippen LogP contribution in [-0.4, -0.2) is 41.3 Å². The van der Waals surface area contributed by atoms with E-state index in [1.165, 1.54) is 0 Å². The van der Waals surface area contributed by atoms with Crippen LogP contribution in [0.3, 0.4) is 0 Å². The van der Waals surface area contributed by atoms with Crippen LogP contribution in [0.2, 0.25) is 0 Å². The van der Waals surface area contributed by atoms with Crippen molar-refractivity contribution in [3.8, 4) is 0 Å². The Hall–Kier alpha value is -3.39. The third-order valence-electron chi connectivity index (χ3n) is 8.42. The van der Waals surface area contributed by atoms with Crippen LogP contribution in [0, 0.1) is 0 Å². The SMILES string of the molecule is CNC(C)C(OC)C1(C)OC(C)n2c3ccccc3c3c4c(c5c6ccccc6n1c5c32)CNC4=O. The largest absolute Gasteiger partial charge is 0.375 e. The van der Waals surface area contributed by atoms with E-state index in [4.69, 9.17) is 9.47 Å². The number of carbonyl (C=O) groups excluding carboxylic acids is 1. The van der Waals surface area contributed by atoms with Crippen molar-refractivity contribution in [3.05, 3.63) is 59.7 Å². The maximum absolute atomic E-state index is 13.3. The molecule has 0 fully saturated rings. The predicted molar refractivity (Wildman–Crippen MR) is 142 cm³/mol. The van der Waals surface area contributed by atoms with Gasteiger partial charge in [0.1, 0.15) is 12.3 Å². The molecule has 5 aromatic rings. The van der Waals surface area contributed by atoms with Crippen LogP contribution in [0.25, 0.3) is 43.6 Å². The average Bonchev–Trinajstić information content (AvgIpc) is 3.51. The van der Waals surface area contributed by atoms with Gasteiger partial charge in [-0.05, 0) is 45.5 Å². The first-order valence-electron chi connectivity index (χ1n) is 12.6. The number of carbonyl (C=O) groups is 1. The molecule has 2 aliphatic rings. The molecule has 184 valence electrons. The van der Waals surface area contributed by atoms with Crippen LogP contribution in [0.15, 0.2) is 48.5 Å². The van der Waals surface area contributed by atoms with E-state index in [1.54, 1.807) is 7.11 Å². The smallest absolute Gasteiger partial charge is 0.252 e. The first-order chi connectivity index (χ1) is 17.4. The van der Waals surface area contributed by atoms with Gasteiger partial charge in [-0.25, -0.2) is 0 Å². The Bertz CT molecular complexity index is 1730. The van der Waals surface area contributed by atoms with Gasteiger partial charge in [0.15, 0.2) is 5.72 Å². The van der Waals surface area contributed by atoms with Crippen molar-refractivity contribution in [2.24, 2.45) is 0 Å². The van der Waals surface area contributed by atoms with Gasteiger partial charge in [-0.15, -0.1) is 0 Å². The Balaban J connectivity index is 1.80. The Labute approximate surface area is 208 Å². The molecular formula is C29H30N4O3. The molecule has 2 aliphatic heterocycles. The molecule has 2 aromatic heterocycles. The lowest BCUT2D eigenvalue weighted by Gasteiger charge is -2.42. The fourth-order valence-corrected chi connectivity index (χ4v) is 7.00. The predicted octanol–water partition coefficient (Wildman–Crippen LogP) is 4.99. The summed E-state index contributed by atoms with van der Waals surface area (Å²) in [5.74, 6) is -0.00853. The van der Waals surface area contributed by atoms with E-state index >= 15 is 0 Å². The number of aromatic nitrogens is 2. The molecule has 7 rings (SSSR count). The highest BCUT2D eigenvalue weighted by atomic mass is 16.6. The summed E-state index contributed by atoms with van der Waals surface area (Å²) in [5, 5.41) is 10.8. The molecule has 0 saturated carbocycles. The number of para-hydroxylation sites is 2. The highest BCUT2D eigenvalue weighted by Crippen LogP contribution is 2.51. The number of methoxy groups -OCH3 is 1. The molecule has 7 heteroatoms. The molecule has 0 bridgehead atoms. The summed E-state index contributed by atoms with van der Waals surface area (Å²) < 4.78 is 17.9. The van der Waals surface area contributed by atoms with E-state index < -0.39 is 5.72 Å². The second kappa shape index (κ2) is 7.32. The molecule has 2 N–H and O–H groups in total. The van der Waals surface area contributed by atoms with Gasteiger partial charge in [-0.1, -0.05) is 36.4 Å². The zero-order valence-electron chi connectivity index (χ0n) is 21.2. The maximum atomic E-state index is 13.3. The highest BCUT2D eigenvalue weighted by Gasteiger charge is 2.47. The maximum Gasteiger partial charge on any atom is 0.252 e. The molecule has 1 amide bonds. The zero-order chi connectivity index (χ0) is 24.9. The number of nitrogens with one attached hydrogen (secondary N) is 2. The van der Waals surface area contributed by atoms with Crippen molar-refractivity contribution < 1.29 is 14.3 Å². The number of hydrogen-bond acceptors (Lipinski definition) is 4. The van der Waals surface area contributed by atoms with Crippen LogP contribution in [-0.2, 0) is 21.7 Å². The van der Waals surface area contributed by atoms with E-state index in [0.29, 0.717) is 6.54 Å². The van der Waals surface area contributed by atoms with Crippen molar-refractivity contribution in [2.75, 3.05) is 14.2 Å². The number of nitrogens with zero attached hydrogens (tertiary/aromatic N) is 2. The first kappa shape index (κ1) is 21.9. The lowest BCUT2D eigenvalue weighted by atomic mass is 9.96. The minimum absolute atomic E-state index is 0.00853. The molecule has 0 spiro atoms. The molecule has 0 aliphatic carbocycles. The van der Waals surface area contributed by atoms with Crippen LogP contribution < -0.4 is 10.6 Å². The number of rotatable bonds is 4. The summed E-state index contributed by atoms with van der Waals surface area (Å²) in [4.78, 5) is 13.3. The molecule has 3 aromatic carbocycles. The Morgan fingerprint density at radius 3 is 2.44 bits per heavy atom. The van der Waals surface area contributed by atoms with Crippen LogP contribution in [0.1, 0.15) is 42.9 Å². The minimum Gasteiger partial charge on any atom is -0.375 e. The van der Waals surface area contributed by atoms with E-state index in [-0.39, 0.29) is 24.3 Å². The number of ether oxygens (including phenoxy) is 2. The van der Waals surface area contributed by atoms with Crippen molar-refractivity contribution in [1.82, 2.24) is 19.8 Å². The van der Waals surface area contributed by atoms with Gasteiger partial charge in [0.25, 0.3) is 5.91 Å². The third-order valence-corrected chi connectivity index (χ3v) is 8.42. The standard InChI is InChI=1S/C29H30N4O3/c1-15(30-4)27(35-5)29(3)33-21-13-9-7-11-18(21)22-19-14-31-28(34)24(19)23-17-10-6-8-12-20(17)32(16(2)36-29)25(23)26(22)33/h6-13,15-16,27,30H,14H2,1-5H3,(H,31,34). The summed E-state index contributed by atoms with van der Waals surface area (Å²) in [7, 11) is 3.70. The van der Waals surface area contributed by atoms with Crippen LogP contribution >= 0.6 is 0 Å². The molecule has 7 nitrogen and oxygen atoms in total. The number of likely N-dealkylation sites (N-methyl/N-ethyl adjacent to an activating group) is 1. The second-order valence-electron chi connectivity index (χ2n) is 10.2. The summed E-state index contributed by atoms with van der Waals surface area (Å²) in [5.41, 5.74) is 5.28. The molecular weight excluding hydrogens is 452 g/mol. The highest BCUT2D eigenvalue weighted by molar-refractivity contribution is 6.30. The van der Waals surface area contributed by atoms with Gasteiger partial charge in [-0.3, -0.25) is 4.79 Å². The van der Waals surface area contributed by atoms with Crippen LogP contribution in [0.5, 0.6) is 0 Å². The fourth-order valence-electron chi connectivity index (χ4n) is 7.00. The summed E-state index contributed by atoms with van der Waals surface area (Å²) in [6, 6.07) is 16.8. The summed E-state index contributed by atoms with van der Waals surface area (Å²) in [6.07, 6.45) is -0.591. The van der Waals surface area contributed by atoms with Gasteiger partial charge in [0.05, 0.1) is 27.6 Å². The average molecular weight is 483 g/mol. The van der Waals surface area contributed by atoms with Gasteiger partial charge >= 0.3 is 0 Å². The van der Waals surface area contributed by atoms with Crippen LogP contribution in [0.4, 0.5) is 0 Å². The number of hydrogen-bond donors (Lipinski definition) is 2. The third kappa shape index (κ3) is 2.45. The Kier molecular flexibility index (Phi) is 4.44. The molecule has 36 heavy (non-hydrogen) atoms. The first-order valence-corrected chi connectivity index (χ1v) is 12.6. The lowest BCUT2D eigenvalue weighted by molar-refractivity contribution is -0.216. The molecule has 4 heterocycles. The topological polar surface area (TPSA) is 69.5 Å². The number of benzene rings is 3. The van der Waals surface area contributed by atoms with Crippen molar-refractivity contribution >= 4 is 49.5 Å². The van der Waals surface area contributed by atoms with E-state index in [1.807, 2.05) is 13.1 Å². The van der Waals surface area contributed by atoms with Gasteiger partial charge in [0.2, 0.25) is 0 Å². The zero-order valence-corrected chi connectivity index (χ0v) is 21.2. The molecule has 0 saturated heterocycles. The van der Waals surface area contributed by atoms with E-state index in [0.717, 1.165) is 54.7 Å². The molecule has 0 radical (unpaired) electrons. The van der Waals surface area contributed by atoms with E-state index in [9.17, 15) is 4.79 Å². The fraction of sp³-hybridized carbons (Fsp3) is 0.345. The van der Waals surface area contributed by atoms with E-state index in [2.05, 4.69) is 83.0 Å². The summed E-state index contributed by atoms with van der Waals surface area (Å²) >= 11 is 0. The Morgan fingerprint density at radius 2 is 1.75 bits per heavy atom. The Morgan fingerprint density at radius 1 is 1.08 bits per heavy atom. The van der Waals surface area contributed by atoms with Crippen molar-refractivity contribution in [1.29, 1.82) is 0 Å². The second-order valence-corrected chi connectivity index (χ2v) is 10.2. The van der Waals surface area contributed by atoms with Gasteiger partial charge in [0, 0.05) is 41.2 Å².